The molecule has 1 heterocycles. The number of benzene rings is 1. The first-order chi connectivity index (χ1) is 7.81. The van der Waals surface area contributed by atoms with Gasteiger partial charge in [0.15, 0.2) is 6.29 Å². The van der Waals surface area contributed by atoms with Crippen molar-refractivity contribution in [3.8, 4) is 0 Å². The lowest BCUT2D eigenvalue weighted by atomic mass is 10.2. The fourth-order valence-electron chi connectivity index (χ4n) is 1.25. The van der Waals surface area contributed by atoms with Crippen molar-refractivity contribution in [2.45, 2.75) is 9.79 Å². The molecule has 0 aliphatic carbocycles. The lowest BCUT2D eigenvalue weighted by molar-refractivity contribution is 0.112. The van der Waals surface area contributed by atoms with Crippen molar-refractivity contribution < 1.29 is 4.79 Å². The van der Waals surface area contributed by atoms with E-state index in [-0.39, 0.29) is 0 Å². The molecular weight excluding hydrogens is 242 g/mol. The lowest BCUT2D eigenvalue weighted by Crippen LogP contribution is -1.86. The molecule has 0 fully saturated rings. The summed E-state index contributed by atoms with van der Waals surface area (Å²) >= 11 is 7.44. The molecule has 0 radical (unpaired) electrons. The van der Waals surface area contributed by atoms with Gasteiger partial charge in [0.25, 0.3) is 0 Å². The van der Waals surface area contributed by atoms with E-state index in [1.54, 1.807) is 18.5 Å². The summed E-state index contributed by atoms with van der Waals surface area (Å²) in [6.07, 6.45) is 4.22. The first kappa shape index (κ1) is 11.2. The highest BCUT2D eigenvalue weighted by atomic mass is 35.5. The van der Waals surface area contributed by atoms with Crippen LogP contribution in [0.15, 0.2) is 52.5 Å². The third kappa shape index (κ3) is 2.43. The number of pyridine rings is 1. The number of halogens is 1. The molecule has 0 saturated carbocycles. The fraction of sp³-hybridized carbons (Fsp3) is 0. The molecule has 16 heavy (non-hydrogen) atoms. The maximum atomic E-state index is 10.9. The standard InChI is InChI=1S/C12H8ClNOS/c13-11-2-1-3-12(10(11)8-15)16-9-4-6-14-7-5-9/h1-8H. The summed E-state index contributed by atoms with van der Waals surface area (Å²) in [5.74, 6) is 0. The highest BCUT2D eigenvalue weighted by Gasteiger charge is 2.07. The third-order valence-corrected chi connectivity index (χ3v) is 3.42. The summed E-state index contributed by atoms with van der Waals surface area (Å²) in [6, 6.07) is 9.20. The van der Waals surface area contributed by atoms with Crippen LogP contribution in [0.3, 0.4) is 0 Å². The van der Waals surface area contributed by atoms with Crippen LogP contribution in [0.5, 0.6) is 0 Å². The van der Waals surface area contributed by atoms with E-state index in [2.05, 4.69) is 4.98 Å². The Balaban J connectivity index is 2.35. The highest BCUT2D eigenvalue weighted by Crippen LogP contribution is 2.32. The number of nitrogens with zero attached hydrogens (tertiary/aromatic N) is 1. The maximum Gasteiger partial charge on any atom is 0.152 e. The topological polar surface area (TPSA) is 30.0 Å². The van der Waals surface area contributed by atoms with Gasteiger partial charge in [-0.25, -0.2) is 0 Å². The highest BCUT2D eigenvalue weighted by molar-refractivity contribution is 7.99. The Kier molecular flexibility index (Phi) is 3.59. The normalized spacial score (nSPS) is 10.1. The second kappa shape index (κ2) is 5.14. The van der Waals surface area contributed by atoms with Crippen LogP contribution in [0.25, 0.3) is 0 Å². The van der Waals surface area contributed by atoms with Gasteiger partial charge in [-0.3, -0.25) is 9.78 Å². The van der Waals surface area contributed by atoms with Gasteiger partial charge in [-0.2, -0.15) is 0 Å². The van der Waals surface area contributed by atoms with Gasteiger partial charge in [-0.15, -0.1) is 0 Å². The van der Waals surface area contributed by atoms with Crippen LogP contribution in [0, 0.1) is 0 Å². The Morgan fingerprint density at radius 2 is 1.94 bits per heavy atom. The van der Waals surface area contributed by atoms with Crippen LogP contribution >= 0.6 is 23.4 Å². The van der Waals surface area contributed by atoms with E-state index in [0.29, 0.717) is 10.6 Å². The molecule has 2 rings (SSSR count). The van der Waals surface area contributed by atoms with Crippen molar-refractivity contribution in [2.24, 2.45) is 0 Å². The molecule has 0 bridgehead atoms. The van der Waals surface area contributed by atoms with Gasteiger partial charge < -0.3 is 0 Å². The maximum absolute atomic E-state index is 10.9. The van der Waals surface area contributed by atoms with Crippen LogP contribution in [0.2, 0.25) is 5.02 Å². The summed E-state index contributed by atoms with van der Waals surface area (Å²) in [6.45, 7) is 0. The van der Waals surface area contributed by atoms with Crippen LogP contribution < -0.4 is 0 Å². The number of carbonyl (C=O) groups is 1. The SMILES string of the molecule is O=Cc1c(Cl)cccc1Sc1ccncc1. The summed E-state index contributed by atoms with van der Waals surface area (Å²) in [5, 5.41) is 0.481. The van der Waals surface area contributed by atoms with Gasteiger partial charge in [0.2, 0.25) is 0 Å². The summed E-state index contributed by atoms with van der Waals surface area (Å²) in [5.41, 5.74) is 0.533. The number of rotatable bonds is 3. The minimum Gasteiger partial charge on any atom is -0.298 e. The van der Waals surface area contributed by atoms with Crippen molar-refractivity contribution in [1.82, 2.24) is 4.98 Å². The molecule has 1 aromatic carbocycles. The van der Waals surface area contributed by atoms with E-state index in [4.69, 9.17) is 11.6 Å². The van der Waals surface area contributed by atoms with Crippen molar-refractivity contribution in [2.75, 3.05) is 0 Å². The molecule has 2 aromatic rings. The average Bonchev–Trinajstić information content (AvgIpc) is 2.31. The number of hydrogen-bond acceptors (Lipinski definition) is 3. The second-order valence-electron chi connectivity index (χ2n) is 3.05. The first-order valence-corrected chi connectivity index (χ1v) is 5.82. The Bertz CT molecular complexity index is 502. The zero-order valence-electron chi connectivity index (χ0n) is 8.26. The number of aldehydes is 1. The lowest BCUT2D eigenvalue weighted by Gasteiger charge is -2.05. The molecule has 4 heteroatoms. The van der Waals surface area contributed by atoms with Gasteiger partial charge in [-0.05, 0) is 24.3 Å². The van der Waals surface area contributed by atoms with Crippen LogP contribution in [-0.2, 0) is 0 Å². The minimum atomic E-state index is 0.481. The fourth-order valence-corrected chi connectivity index (χ4v) is 2.46. The Morgan fingerprint density at radius 3 is 2.62 bits per heavy atom. The quantitative estimate of drug-likeness (QED) is 0.777. The summed E-state index contributed by atoms with van der Waals surface area (Å²) in [4.78, 5) is 16.7. The second-order valence-corrected chi connectivity index (χ2v) is 4.58. The summed E-state index contributed by atoms with van der Waals surface area (Å²) in [7, 11) is 0. The van der Waals surface area contributed by atoms with E-state index >= 15 is 0 Å². The monoisotopic (exact) mass is 249 g/mol. The molecule has 0 aliphatic heterocycles. The first-order valence-electron chi connectivity index (χ1n) is 4.63. The van der Waals surface area contributed by atoms with E-state index in [1.807, 2.05) is 24.3 Å². The van der Waals surface area contributed by atoms with E-state index in [0.717, 1.165) is 16.1 Å². The average molecular weight is 250 g/mol. The van der Waals surface area contributed by atoms with Crippen molar-refractivity contribution in [3.63, 3.8) is 0 Å². The predicted octanol–water partition coefficient (Wildman–Crippen LogP) is 3.70. The van der Waals surface area contributed by atoms with Crippen LogP contribution in [0.4, 0.5) is 0 Å². The van der Waals surface area contributed by atoms with Crippen molar-refractivity contribution >= 4 is 29.6 Å². The molecule has 2 nitrogen and oxygen atoms in total. The molecule has 0 amide bonds. The molecule has 80 valence electrons. The summed E-state index contributed by atoms with van der Waals surface area (Å²) < 4.78 is 0. The zero-order valence-corrected chi connectivity index (χ0v) is 9.83. The van der Waals surface area contributed by atoms with E-state index < -0.39 is 0 Å². The van der Waals surface area contributed by atoms with E-state index in [1.165, 1.54) is 11.8 Å². The molecule has 0 unspecified atom stereocenters. The Morgan fingerprint density at radius 1 is 1.19 bits per heavy atom. The number of hydrogen-bond donors (Lipinski definition) is 0. The molecule has 0 N–H and O–H groups in total. The molecule has 1 aromatic heterocycles. The Labute approximate surface area is 103 Å². The number of aromatic nitrogens is 1. The van der Waals surface area contributed by atoms with E-state index in [9.17, 15) is 4.79 Å². The molecule has 0 spiro atoms. The Hall–Kier alpha value is -1.32. The van der Waals surface area contributed by atoms with Gasteiger partial charge in [0, 0.05) is 27.7 Å². The number of carbonyl (C=O) groups excluding carboxylic acids is 1. The van der Waals surface area contributed by atoms with Crippen molar-refractivity contribution in [3.05, 3.63) is 53.3 Å². The molecular formula is C12H8ClNOS. The molecule has 0 atom stereocenters. The third-order valence-electron chi connectivity index (χ3n) is 2.01. The minimum absolute atomic E-state index is 0.481. The van der Waals surface area contributed by atoms with Crippen LogP contribution in [0.1, 0.15) is 10.4 Å². The van der Waals surface area contributed by atoms with Gasteiger partial charge in [0.05, 0.1) is 5.02 Å². The van der Waals surface area contributed by atoms with Gasteiger partial charge in [0.1, 0.15) is 0 Å². The van der Waals surface area contributed by atoms with Crippen LogP contribution in [-0.4, -0.2) is 11.3 Å². The predicted molar refractivity (Wildman–Crippen MR) is 65.2 cm³/mol. The molecule has 0 saturated heterocycles. The largest absolute Gasteiger partial charge is 0.298 e. The van der Waals surface area contributed by atoms with Crippen molar-refractivity contribution in [1.29, 1.82) is 0 Å². The van der Waals surface area contributed by atoms with Gasteiger partial charge in [-0.1, -0.05) is 29.4 Å². The zero-order chi connectivity index (χ0) is 11.4. The van der Waals surface area contributed by atoms with Gasteiger partial charge >= 0.3 is 0 Å². The molecule has 0 aliphatic rings. The smallest absolute Gasteiger partial charge is 0.152 e.